The number of hydrogen-bond acceptors (Lipinski definition) is 6. The minimum atomic E-state index is -0.0719. The van der Waals surface area contributed by atoms with Crippen LogP contribution >= 0.6 is 34.9 Å². The summed E-state index contributed by atoms with van der Waals surface area (Å²) in [5.41, 5.74) is 1.94. The number of aromatic nitrogens is 1. The Kier molecular flexibility index (Phi) is 5.19. The zero-order chi connectivity index (χ0) is 17.9. The van der Waals surface area contributed by atoms with E-state index < -0.39 is 0 Å². The second kappa shape index (κ2) is 7.73. The van der Waals surface area contributed by atoms with Crippen LogP contribution in [0.2, 0.25) is 0 Å². The van der Waals surface area contributed by atoms with Crippen molar-refractivity contribution >= 4 is 57.1 Å². The third kappa shape index (κ3) is 3.60. The third-order valence-electron chi connectivity index (χ3n) is 4.00. The fourth-order valence-electron chi connectivity index (χ4n) is 2.77. The van der Waals surface area contributed by atoms with Gasteiger partial charge in [-0.05, 0) is 48.7 Å². The van der Waals surface area contributed by atoms with Crippen molar-refractivity contribution in [3.63, 3.8) is 0 Å². The van der Waals surface area contributed by atoms with Gasteiger partial charge < -0.3 is 10.2 Å². The van der Waals surface area contributed by atoms with Gasteiger partial charge in [-0.1, -0.05) is 6.07 Å². The van der Waals surface area contributed by atoms with Crippen LogP contribution in [0.1, 0.15) is 9.67 Å². The van der Waals surface area contributed by atoms with Crippen LogP contribution in [0.15, 0.2) is 64.6 Å². The van der Waals surface area contributed by atoms with E-state index >= 15 is 0 Å². The number of fused-ring (bicyclic) bond motifs is 1. The van der Waals surface area contributed by atoms with Crippen molar-refractivity contribution in [1.82, 2.24) is 4.98 Å². The molecule has 0 bridgehead atoms. The van der Waals surface area contributed by atoms with E-state index in [2.05, 4.69) is 21.3 Å². The van der Waals surface area contributed by atoms with E-state index in [1.807, 2.05) is 54.9 Å². The van der Waals surface area contributed by atoms with Crippen LogP contribution in [-0.2, 0) is 0 Å². The molecule has 4 rings (SSSR count). The number of carbonyl (C=O) groups excluding carboxylic acids is 1. The van der Waals surface area contributed by atoms with Crippen molar-refractivity contribution in [3.05, 3.63) is 59.6 Å². The van der Waals surface area contributed by atoms with Crippen molar-refractivity contribution in [1.29, 1.82) is 0 Å². The van der Waals surface area contributed by atoms with Gasteiger partial charge in [0.1, 0.15) is 5.03 Å². The van der Waals surface area contributed by atoms with Crippen molar-refractivity contribution < 1.29 is 4.79 Å². The molecule has 1 N–H and O–H groups in total. The molecule has 3 aromatic rings. The molecule has 2 aromatic heterocycles. The summed E-state index contributed by atoms with van der Waals surface area (Å²) >= 11 is 4.95. The van der Waals surface area contributed by atoms with Gasteiger partial charge in [0.2, 0.25) is 0 Å². The molecule has 0 saturated carbocycles. The Morgan fingerprint density at radius 1 is 1.23 bits per heavy atom. The number of nitrogens with zero attached hydrogens (tertiary/aromatic N) is 2. The SMILES string of the molecule is CSc1cccc(NC(=O)c2ccc(N3CCSc4ncccc43)s2)c1. The predicted molar refractivity (Wildman–Crippen MR) is 112 cm³/mol. The first-order valence-corrected chi connectivity index (χ1v) is 11.2. The lowest BCUT2D eigenvalue weighted by Gasteiger charge is -2.28. The highest BCUT2D eigenvalue weighted by atomic mass is 32.2. The molecule has 0 aliphatic carbocycles. The van der Waals surface area contributed by atoms with Crippen LogP contribution < -0.4 is 10.2 Å². The van der Waals surface area contributed by atoms with E-state index in [0.29, 0.717) is 4.88 Å². The van der Waals surface area contributed by atoms with Crippen LogP contribution in [0.4, 0.5) is 16.4 Å². The highest BCUT2D eigenvalue weighted by molar-refractivity contribution is 7.99. The first-order chi connectivity index (χ1) is 12.7. The van der Waals surface area contributed by atoms with E-state index in [1.165, 1.54) is 11.3 Å². The molecule has 132 valence electrons. The number of thioether (sulfide) groups is 2. The Morgan fingerprint density at radius 2 is 2.15 bits per heavy atom. The topological polar surface area (TPSA) is 45.2 Å². The average Bonchev–Trinajstić information content (AvgIpc) is 3.18. The highest BCUT2D eigenvalue weighted by Crippen LogP contribution is 2.40. The Hall–Kier alpha value is -1.96. The molecule has 0 fully saturated rings. The van der Waals surface area contributed by atoms with Crippen LogP contribution in [0, 0.1) is 0 Å². The average molecular weight is 400 g/mol. The van der Waals surface area contributed by atoms with Crippen molar-refractivity contribution in [3.8, 4) is 0 Å². The third-order valence-corrected chi connectivity index (χ3v) is 6.81. The minimum Gasteiger partial charge on any atom is -0.330 e. The molecule has 4 nitrogen and oxygen atoms in total. The summed E-state index contributed by atoms with van der Waals surface area (Å²) < 4.78 is 0. The van der Waals surface area contributed by atoms with Gasteiger partial charge in [-0.3, -0.25) is 4.79 Å². The summed E-state index contributed by atoms with van der Waals surface area (Å²) in [5.74, 6) is 0.919. The molecule has 7 heteroatoms. The number of amides is 1. The molecule has 0 saturated heterocycles. The minimum absolute atomic E-state index is 0.0719. The number of pyridine rings is 1. The van der Waals surface area contributed by atoms with Crippen molar-refractivity contribution in [2.24, 2.45) is 0 Å². The normalized spacial score (nSPS) is 13.3. The van der Waals surface area contributed by atoms with Gasteiger partial charge in [0, 0.05) is 29.1 Å². The van der Waals surface area contributed by atoms with E-state index in [1.54, 1.807) is 23.5 Å². The smallest absolute Gasteiger partial charge is 0.265 e. The van der Waals surface area contributed by atoms with Gasteiger partial charge in [0.15, 0.2) is 0 Å². The van der Waals surface area contributed by atoms with Gasteiger partial charge in [-0.25, -0.2) is 4.98 Å². The van der Waals surface area contributed by atoms with Crippen LogP contribution in [0.5, 0.6) is 0 Å². The lowest BCUT2D eigenvalue weighted by atomic mass is 10.3. The molecule has 0 spiro atoms. The van der Waals surface area contributed by atoms with Crippen LogP contribution in [-0.4, -0.2) is 29.4 Å². The monoisotopic (exact) mass is 399 g/mol. The summed E-state index contributed by atoms with van der Waals surface area (Å²) in [7, 11) is 0. The molecular weight excluding hydrogens is 382 g/mol. The standard InChI is InChI=1S/C19H17N3OS3/c1-24-14-5-2-4-13(12-14)21-18(23)16-7-8-17(26-16)22-10-11-25-19-15(22)6-3-9-20-19/h2-9,12H,10-11H2,1H3,(H,21,23). The van der Waals surface area contributed by atoms with Gasteiger partial charge in [0.05, 0.1) is 15.6 Å². The van der Waals surface area contributed by atoms with Gasteiger partial charge in [0.25, 0.3) is 5.91 Å². The number of carbonyl (C=O) groups is 1. The molecule has 3 heterocycles. The maximum atomic E-state index is 12.6. The Bertz CT molecular complexity index is 941. The summed E-state index contributed by atoms with van der Waals surface area (Å²) in [6.45, 7) is 0.917. The quantitative estimate of drug-likeness (QED) is 0.598. The number of nitrogens with one attached hydrogen (secondary N) is 1. The summed E-state index contributed by atoms with van der Waals surface area (Å²) in [6, 6.07) is 15.8. The second-order valence-electron chi connectivity index (χ2n) is 5.65. The van der Waals surface area contributed by atoms with E-state index in [9.17, 15) is 4.79 Å². The van der Waals surface area contributed by atoms with Gasteiger partial charge in [-0.2, -0.15) is 0 Å². The molecular formula is C19H17N3OS3. The van der Waals surface area contributed by atoms with Crippen LogP contribution in [0.25, 0.3) is 0 Å². The van der Waals surface area contributed by atoms with Gasteiger partial charge in [-0.15, -0.1) is 34.9 Å². The molecule has 1 amide bonds. The zero-order valence-corrected chi connectivity index (χ0v) is 16.6. The molecule has 26 heavy (non-hydrogen) atoms. The Morgan fingerprint density at radius 3 is 3.04 bits per heavy atom. The van der Waals surface area contributed by atoms with E-state index in [0.717, 1.165) is 38.6 Å². The Labute approximate surface area is 165 Å². The number of thiophene rings is 1. The zero-order valence-electron chi connectivity index (χ0n) is 14.1. The fourth-order valence-corrected chi connectivity index (χ4v) is 5.10. The molecule has 1 aromatic carbocycles. The van der Waals surface area contributed by atoms with Crippen LogP contribution in [0.3, 0.4) is 0 Å². The summed E-state index contributed by atoms with van der Waals surface area (Å²) in [4.78, 5) is 21.1. The molecule has 1 aliphatic rings. The number of benzene rings is 1. The second-order valence-corrected chi connectivity index (χ2v) is 8.68. The lowest BCUT2D eigenvalue weighted by Crippen LogP contribution is -2.23. The predicted octanol–water partition coefficient (Wildman–Crippen LogP) is 5.36. The van der Waals surface area contributed by atoms with Gasteiger partial charge >= 0.3 is 0 Å². The lowest BCUT2D eigenvalue weighted by molar-refractivity contribution is 0.103. The highest BCUT2D eigenvalue weighted by Gasteiger charge is 2.21. The summed E-state index contributed by atoms with van der Waals surface area (Å²) in [6.07, 6.45) is 3.85. The molecule has 0 atom stereocenters. The molecule has 1 aliphatic heterocycles. The van der Waals surface area contributed by atoms with Crippen molar-refractivity contribution in [2.45, 2.75) is 9.92 Å². The Balaban J connectivity index is 1.54. The largest absolute Gasteiger partial charge is 0.330 e. The first-order valence-electron chi connectivity index (χ1n) is 8.15. The molecule has 0 radical (unpaired) electrons. The maximum Gasteiger partial charge on any atom is 0.265 e. The number of anilines is 3. The van der Waals surface area contributed by atoms with E-state index in [-0.39, 0.29) is 5.91 Å². The number of hydrogen-bond donors (Lipinski definition) is 1. The van der Waals surface area contributed by atoms with E-state index in [4.69, 9.17) is 0 Å². The summed E-state index contributed by atoms with van der Waals surface area (Å²) in [5, 5.41) is 5.11. The van der Waals surface area contributed by atoms with Crippen molar-refractivity contribution in [2.75, 3.05) is 28.8 Å². The fraction of sp³-hybridized carbons (Fsp3) is 0.158. The maximum absolute atomic E-state index is 12.6. The first kappa shape index (κ1) is 17.5. The molecule has 0 unspecified atom stereocenters. The number of rotatable bonds is 4.